The number of aliphatic hydroxyl groups is 1. The largest absolute Gasteiger partial charge is 0.496 e. The zero-order chi connectivity index (χ0) is 12.3. The van der Waals surface area contributed by atoms with E-state index in [1.165, 1.54) is 13.2 Å². The topological polar surface area (TPSA) is 29.5 Å². The van der Waals surface area contributed by atoms with Crippen LogP contribution in [0.2, 0.25) is 0 Å². The van der Waals surface area contributed by atoms with Gasteiger partial charge in [0.1, 0.15) is 11.6 Å². The molecule has 1 atom stereocenters. The summed E-state index contributed by atoms with van der Waals surface area (Å²) in [4.78, 5) is 0. The highest BCUT2D eigenvalue weighted by atomic mass is 19.1. The fraction of sp³-hybridized carbons (Fsp3) is 0.538. The van der Waals surface area contributed by atoms with Crippen LogP contribution in [0, 0.1) is 5.82 Å². The molecule has 0 bridgehead atoms. The smallest absolute Gasteiger partial charge is 0.130 e. The summed E-state index contributed by atoms with van der Waals surface area (Å²) in [5.74, 6) is 0.327. The second-order valence-corrected chi connectivity index (χ2v) is 4.35. The number of rotatable bonds is 4. The van der Waals surface area contributed by atoms with Crippen LogP contribution in [0.4, 0.5) is 4.39 Å². The SMILES string of the molecule is COc1cc(F)c(C(C)C)cc1C(C)CO. The number of methoxy groups -OCH3 is 1. The van der Waals surface area contributed by atoms with Gasteiger partial charge in [0.15, 0.2) is 0 Å². The lowest BCUT2D eigenvalue weighted by molar-refractivity contribution is 0.269. The van der Waals surface area contributed by atoms with E-state index in [0.29, 0.717) is 11.3 Å². The highest BCUT2D eigenvalue weighted by molar-refractivity contribution is 5.41. The predicted molar refractivity (Wildman–Crippen MR) is 62.5 cm³/mol. The summed E-state index contributed by atoms with van der Waals surface area (Å²) in [7, 11) is 1.51. The van der Waals surface area contributed by atoms with Crippen molar-refractivity contribution in [2.75, 3.05) is 13.7 Å². The van der Waals surface area contributed by atoms with Gasteiger partial charge in [0.25, 0.3) is 0 Å². The number of hydrogen-bond acceptors (Lipinski definition) is 2. The van der Waals surface area contributed by atoms with Crippen molar-refractivity contribution in [2.45, 2.75) is 32.6 Å². The molecule has 16 heavy (non-hydrogen) atoms. The van der Waals surface area contributed by atoms with Gasteiger partial charge in [-0.3, -0.25) is 0 Å². The van der Waals surface area contributed by atoms with Gasteiger partial charge in [-0.1, -0.05) is 20.8 Å². The lowest BCUT2D eigenvalue weighted by Crippen LogP contribution is -2.05. The molecule has 0 aromatic heterocycles. The van der Waals surface area contributed by atoms with Gasteiger partial charge in [-0.15, -0.1) is 0 Å². The van der Waals surface area contributed by atoms with Crippen molar-refractivity contribution in [1.82, 2.24) is 0 Å². The normalized spacial score (nSPS) is 12.9. The van der Waals surface area contributed by atoms with E-state index in [1.54, 1.807) is 6.07 Å². The first-order chi connectivity index (χ1) is 7.51. The van der Waals surface area contributed by atoms with Crippen molar-refractivity contribution in [3.63, 3.8) is 0 Å². The Bertz CT molecular complexity index is 361. The second-order valence-electron chi connectivity index (χ2n) is 4.35. The van der Waals surface area contributed by atoms with Crippen molar-refractivity contribution < 1.29 is 14.2 Å². The number of hydrogen-bond donors (Lipinski definition) is 1. The molecule has 1 aromatic carbocycles. The third-order valence-electron chi connectivity index (χ3n) is 2.78. The number of halogens is 1. The molecule has 2 nitrogen and oxygen atoms in total. The minimum absolute atomic E-state index is 0.0273. The highest BCUT2D eigenvalue weighted by Gasteiger charge is 2.16. The van der Waals surface area contributed by atoms with Gasteiger partial charge < -0.3 is 9.84 Å². The third-order valence-corrected chi connectivity index (χ3v) is 2.78. The average molecular weight is 226 g/mol. The Morgan fingerprint density at radius 2 is 1.88 bits per heavy atom. The van der Waals surface area contributed by atoms with Gasteiger partial charge in [0.05, 0.1) is 7.11 Å². The highest BCUT2D eigenvalue weighted by Crippen LogP contribution is 2.31. The molecule has 0 aliphatic carbocycles. The molecule has 3 heteroatoms. The molecule has 0 radical (unpaired) electrons. The van der Waals surface area contributed by atoms with Gasteiger partial charge in [-0.25, -0.2) is 4.39 Å². The third kappa shape index (κ3) is 2.53. The summed E-state index contributed by atoms with van der Waals surface area (Å²) in [6.45, 7) is 5.80. The summed E-state index contributed by atoms with van der Waals surface area (Å²) in [5.41, 5.74) is 1.52. The Labute approximate surface area is 96.1 Å². The fourth-order valence-corrected chi connectivity index (χ4v) is 1.69. The van der Waals surface area contributed by atoms with Gasteiger partial charge in [-0.2, -0.15) is 0 Å². The molecule has 0 amide bonds. The van der Waals surface area contributed by atoms with Crippen LogP contribution < -0.4 is 4.74 Å². The van der Waals surface area contributed by atoms with Crippen molar-refractivity contribution in [1.29, 1.82) is 0 Å². The number of benzene rings is 1. The molecule has 1 unspecified atom stereocenters. The molecule has 0 spiro atoms. The maximum absolute atomic E-state index is 13.7. The standard InChI is InChI=1S/C13H19FO2/c1-8(2)10-5-11(9(3)7-15)13(16-4)6-12(10)14/h5-6,8-9,15H,7H2,1-4H3. The maximum atomic E-state index is 13.7. The lowest BCUT2D eigenvalue weighted by atomic mass is 9.94. The molecule has 90 valence electrons. The Balaban J connectivity index is 3.28. The van der Waals surface area contributed by atoms with E-state index in [9.17, 15) is 4.39 Å². The summed E-state index contributed by atoms with van der Waals surface area (Å²) in [6, 6.07) is 3.19. The van der Waals surface area contributed by atoms with E-state index < -0.39 is 0 Å². The van der Waals surface area contributed by atoms with Crippen LogP contribution in [0.3, 0.4) is 0 Å². The fourth-order valence-electron chi connectivity index (χ4n) is 1.69. The van der Waals surface area contributed by atoms with E-state index in [4.69, 9.17) is 9.84 Å². The van der Waals surface area contributed by atoms with Crippen LogP contribution in [-0.4, -0.2) is 18.8 Å². The van der Waals surface area contributed by atoms with Gasteiger partial charge in [0, 0.05) is 18.6 Å². The second kappa shape index (κ2) is 5.30. The molecule has 1 rings (SSSR count). The predicted octanol–water partition coefficient (Wildman–Crippen LogP) is 3.05. The lowest BCUT2D eigenvalue weighted by Gasteiger charge is -2.17. The molecule has 1 aromatic rings. The molecule has 0 aliphatic rings. The first-order valence-corrected chi connectivity index (χ1v) is 5.49. The zero-order valence-electron chi connectivity index (χ0n) is 10.2. The van der Waals surface area contributed by atoms with Crippen molar-refractivity contribution in [3.05, 3.63) is 29.1 Å². The van der Waals surface area contributed by atoms with Crippen molar-refractivity contribution >= 4 is 0 Å². The quantitative estimate of drug-likeness (QED) is 0.855. The van der Waals surface area contributed by atoms with Crippen molar-refractivity contribution in [3.8, 4) is 5.75 Å². The van der Waals surface area contributed by atoms with Gasteiger partial charge in [-0.05, 0) is 23.1 Å². The first kappa shape index (κ1) is 13.0. The van der Waals surface area contributed by atoms with E-state index >= 15 is 0 Å². The minimum atomic E-state index is -0.249. The molecule has 0 heterocycles. The monoisotopic (exact) mass is 226 g/mol. The molecular weight excluding hydrogens is 207 g/mol. The zero-order valence-corrected chi connectivity index (χ0v) is 10.2. The molecule has 1 N–H and O–H groups in total. The Morgan fingerprint density at radius 1 is 1.25 bits per heavy atom. The van der Waals surface area contributed by atoms with Gasteiger partial charge in [0.2, 0.25) is 0 Å². The molecule has 0 saturated heterocycles. The Hall–Kier alpha value is -1.09. The van der Waals surface area contributed by atoms with E-state index in [-0.39, 0.29) is 24.3 Å². The Kier molecular flexibility index (Phi) is 4.30. The van der Waals surface area contributed by atoms with Crippen LogP contribution in [0.1, 0.15) is 43.7 Å². The molecular formula is C13H19FO2. The van der Waals surface area contributed by atoms with Crippen molar-refractivity contribution in [2.24, 2.45) is 0 Å². The Morgan fingerprint density at radius 3 is 2.31 bits per heavy atom. The summed E-state index contributed by atoms with van der Waals surface area (Å²) in [6.07, 6.45) is 0. The van der Waals surface area contributed by atoms with Crippen LogP contribution in [0.25, 0.3) is 0 Å². The summed E-state index contributed by atoms with van der Waals surface area (Å²) in [5, 5.41) is 9.16. The van der Waals surface area contributed by atoms with Crippen LogP contribution in [-0.2, 0) is 0 Å². The maximum Gasteiger partial charge on any atom is 0.130 e. The number of ether oxygens (including phenoxy) is 1. The molecule has 0 aliphatic heterocycles. The van der Waals surface area contributed by atoms with E-state index in [2.05, 4.69) is 0 Å². The average Bonchev–Trinajstić information content (AvgIpc) is 2.27. The molecule has 0 saturated carbocycles. The summed E-state index contributed by atoms with van der Waals surface area (Å²) < 4.78 is 18.8. The van der Waals surface area contributed by atoms with Crippen LogP contribution in [0.5, 0.6) is 5.75 Å². The number of aliphatic hydroxyl groups excluding tert-OH is 1. The van der Waals surface area contributed by atoms with Crippen LogP contribution >= 0.6 is 0 Å². The minimum Gasteiger partial charge on any atom is -0.496 e. The van der Waals surface area contributed by atoms with Gasteiger partial charge >= 0.3 is 0 Å². The van der Waals surface area contributed by atoms with E-state index in [0.717, 1.165) is 5.56 Å². The van der Waals surface area contributed by atoms with E-state index in [1.807, 2.05) is 20.8 Å². The molecule has 0 fully saturated rings. The summed E-state index contributed by atoms with van der Waals surface area (Å²) >= 11 is 0. The first-order valence-electron chi connectivity index (χ1n) is 5.49. The van der Waals surface area contributed by atoms with Crippen LogP contribution in [0.15, 0.2) is 12.1 Å².